The number of amides is 1. The second-order valence-electron chi connectivity index (χ2n) is 6.01. The van der Waals surface area contributed by atoms with Gasteiger partial charge < -0.3 is 10.1 Å². The Balaban J connectivity index is 1.56. The van der Waals surface area contributed by atoms with E-state index >= 15 is 0 Å². The van der Waals surface area contributed by atoms with Gasteiger partial charge in [0.25, 0.3) is 5.56 Å². The van der Waals surface area contributed by atoms with Crippen LogP contribution in [0.15, 0.2) is 65.8 Å². The number of fused-ring (bicyclic) bond motifs is 1. The first-order valence-electron chi connectivity index (χ1n) is 8.48. The maximum Gasteiger partial charge on any atom is 0.262 e. The Kier molecular flexibility index (Phi) is 4.86. The summed E-state index contributed by atoms with van der Waals surface area (Å²) in [6.07, 6.45) is 2.90. The molecule has 0 spiro atoms. The summed E-state index contributed by atoms with van der Waals surface area (Å²) < 4.78 is 6.29. The molecule has 7 nitrogen and oxygen atoms in total. The molecule has 1 N–H and O–H groups in total. The quantitative estimate of drug-likeness (QED) is 0.564. The summed E-state index contributed by atoms with van der Waals surface area (Å²) in [5.74, 6) is 0.115. The zero-order chi connectivity index (χ0) is 19.5. The fraction of sp³-hybridized carbons (Fsp3) is 0.100. The molecule has 3 heterocycles. The molecule has 0 fully saturated rings. The third-order valence-corrected chi connectivity index (χ3v) is 5.21. The molecule has 4 rings (SSSR count). The molecule has 0 aliphatic carbocycles. The number of ether oxygens (including phenoxy) is 1. The van der Waals surface area contributed by atoms with E-state index in [4.69, 9.17) is 4.74 Å². The maximum absolute atomic E-state index is 12.8. The molecule has 0 aliphatic heterocycles. The van der Waals surface area contributed by atoms with Gasteiger partial charge in [0.1, 0.15) is 11.4 Å². The molecule has 0 unspecified atom stereocenters. The fourth-order valence-electron chi connectivity index (χ4n) is 2.75. The molecule has 1 aromatic carbocycles. The molecule has 0 bridgehead atoms. The van der Waals surface area contributed by atoms with Crippen molar-refractivity contribution in [1.29, 1.82) is 0 Å². The van der Waals surface area contributed by atoms with Gasteiger partial charge in [0.05, 0.1) is 30.7 Å². The van der Waals surface area contributed by atoms with Crippen molar-refractivity contribution in [2.45, 2.75) is 6.54 Å². The van der Waals surface area contributed by atoms with E-state index in [0.29, 0.717) is 21.8 Å². The van der Waals surface area contributed by atoms with Crippen LogP contribution in [0.4, 0.5) is 5.69 Å². The molecule has 0 aliphatic rings. The second kappa shape index (κ2) is 7.61. The number of rotatable bonds is 5. The molecule has 140 valence electrons. The lowest BCUT2D eigenvalue weighted by atomic mass is 10.2. The first kappa shape index (κ1) is 17.9. The zero-order valence-corrected chi connectivity index (χ0v) is 15.8. The van der Waals surface area contributed by atoms with Crippen molar-refractivity contribution in [3.8, 4) is 16.3 Å². The van der Waals surface area contributed by atoms with Crippen LogP contribution >= 0.6 is 11.3 Å². The van der Waals surface area contributed by atoms with Crippen LogP contribution < -0.4 is 15.6 Å². The molecule has 0 radical (unpaired) electrons. The Labute approximate surface area is 164 Å². The van der Waals surface area contributed by atoms with Crippen LogP contribution in [0.2, 0.25) is 0 Å². The number of hydrogen-bond acceptors (Lipinski definition) is 6. The molecule has 0 saturated heterocycles. The lowest BCUT2D eigenvalue weighted by Crippen LogP contribution is -2.27. The van der Waals surface area contributed by atoms with Gasteiger partial charge in [-0.25, -0.2) is 9.97 Å². The highest BCUT2D eigenvalue weighted by Crippen LogP contribution is 2.30. The number of nitrogens with one attached hydrogen (secondary N) is 1. The smallest absolute Gasteiger partial charge is 0.262 e. The van der Waals surface area contributed by atoms with Crippen molar-refractivity contribution in [2.75, 3.05) is 12.4 Å². The van der Waals surface area contributed by atoms with E-state index in [0.717, 1.165) is 10.4 Å². The number of methoxy groups -OCH3 is 1. The topological polar surface area (TPSA) is 86.1 Å². The lowest BCUT2D eigenvalue weighted by molar-refractivity contribution is -0.116. The number of hydrogen-bond donors (Lipinski definition) is 1. The van der Waals surface area contributed by atoms with Gasteiger partial charge in [0.2, 0.25) is 11.8 Å². The number of anilines is 1. The van der Waals surface area contributed by atoms with E-state index in [1.54, 1.807) is 12.1 Å². The third-order valence-electron chi connectivity index (χ3n) is 4.12. The highest BCUT2D eigenvalue weighted by Gasteiger charge is 2.12. The van der Waals surface area contributed by atoms with Crippen molar-refractivity contribution in [3.05, 3.63) is 71.4 Å². The van der Waals surface area contributed by atoms with E-state index in [1.165, 1.54) is 35.5 Å². The number of benzene rings is 1. The Morgan fingerprint density at radius 2 is 2.00 bits per heavy atom. The molecule has 1 amide bonds. The molecular formula is C20H16N4O3S. The number of carbonyl (C=O) groups excluding carboxylic acids is 1. The number of nitrogens with zero attached hydrogens (tertiary/aromatic N) is 3. The minimum absolute atomic E-state index is 0.135. The monoisotopic (exact) mass is 392 g/mol. The SMILES string of the molecule is COc1ccc(NC(=O)Cn2cnc3sc(-c4ccccc4)cc3c2=O)cn1. The molecular weight excluding hydrogens is 376 g/mol. The van der Waals surface area contributed by atoms with Crippen molar-refractivity contribution in [1.82, 2.24) is 14.5 Å². The molecule has 4 aromatic rings. The summed E-state index contributed by atoms with van der Waals surface area (Å²) >= 11 is 1.45. The average Bonchev–Trinajstić information content (AvgIpc) is 3.17. The minimum Gasteiger partial charge on any atom is -0.481 e. The van der Waals surface area contributed by atoms with E-state index in [9.17, 15) is 9.59 Å². The summed E-state index contributed by atoms with van der Waals surface area (Å²) in [5.41, 5.74) is 1.31. The van der Waals surface area contributed by atoms with E-state index in [2.05, 4.69) is 15.3 Å². The molecule has 28 heavy (non-hydrogen) atoms. The minimum atomic E-state index is -0.339. The normalized spacial score (nSPS) is 10.8. The average molecular weight is 392 g/mol. The Hall–Kier alpha value is -3.52. The van der Waals surface area contributed by atoms with E-state index < -0.39 is 0 Å². The summed E-state index contributed by atoms with van der Waals surface area (Å²) in [5, 5.41) is 3.21. The lowest BCUT2D eigenvalue weighted by Gasteiger charge is -2.07. The largest absolute Gasteiger partial charge is 0.481 e. The van der Waals surface area contributed by atoms with Gasteiger partial charge in [0.15, 0.2) is 0 Å². The van der Waals surface area contributed by atoms with Crippen LogP contribution in [0.3, 0.4) is 0 Å². The van der Waals surface area contributed by atoms with Gasteiger partial charge in [-0.1, -0.05) is 30.3 Å². The van der Waals surface area contributed by atoms with Crippen LogP contribution in [0.1, 0.15) is 0 Å². The Bertz CT molecular complexity index is 1180. The molecule has 0 atom stereocenters. The molecule has 8 heteroatoms. The van der Waals surface area contributed by atoms with Gasteiger partial charge in [0, 0.05) is 10.9 Å². The summed E-state index contributed by atoms with van der Waals surface area (Å²) in [6, 6.07) is 15.0. The summed E-state index contributed by atoms with van der Waals surface area (Å²) in [7, 11) is 1.52. The van der Waals surface area contributed by atoms with Gasteiger partial charge in [-0.05, 0) is 17.7 Å². The van der Waals surface area contributed by atoms with Gasteiger partial charge >= 0.3 is 0 Å². The van der Waals surface area contributed by atoms with Gasteiger partial charge in [-0.15, -0.1) is 11.3 Å². The predicted molar refractivity (Wildman–Crippen MR) is 109 cm³/mol. The third kappa shape index (κ3) is 3.63. The highest BCUT2D eigenvalue weighted by atomic mass is 32.1. The summed E-state index contributed by atoms with van der Waals surface area (Å²) in [6.45, 7) is -0.135. The van der Waals surface area contributed by atoms with Crippen molar-refractivity contribution in [3.63, 3.8) is 0 Å². The van der Waals surface area contributed by atoms with Crippen molar-refractivity contribution >= 4 is 33.1 Å². The Morgan fingerprint density at radius 1 is 1.18 bits per heavy atom. The summed E-state index contributed by atoms with van der Waals surface area (Å²) in [4.78, 5) is 35.1. The second-order valence-corrected chi connectivity index (χ2v) is 7.04. The van der Waals surface area contributed by atoms with E-state index in [1.807, 2.05) is 36.4 Å². The van der Waals surface area contributed by atoms with Crippen LogP contribution in [-0.2, 0) is 11.3 Å². The first-order valence-corrected chi connectivity index (χ1v) is 9.30. The zero-order valence-electron chi connectivity index (χ0n) is 15.0. The van der Waals surface area contributed by atoms with Crippen LogP contribution in [0, 0.1) is 0 Å². The van der Waals surface area contributed by atoms with Crippen molar-refractivity contribution in [2.24, 2.45) is 0 Å². The predicted octanol–water partition coefficient (Wildman–Crippen LogP) is 3.17. The first-order chi connectivity index (χ1) is 13.6. The standard InChI is InChI=1S/C20H16N4O3S/c1-27-18-8-7-14(10-21-18)23-17(25)11-24-12-22-19-15(20(24)26)9-16(28-19)13-5-3-2-4-6-13/h2-10,12H,11H2,1H3,(H,23,25). The highest BCUT2D eigenvalue weighted by molar-refractivity contribution is 7.21. The number of aromatic nitrogens is 3. The van der Waals surface area contributed by atoms with Crippen LogP contribution in [-0.4, -0.2) is 27.6 Å². The number of pyridine rings is 1. The van der Waals surface area contributed by atoms with Crippen LogP contribution in [0.5, 0.6) is 5.88 Å². The van der Waals surface area contributed by atoms with Gasteiger partial charge in [-0.3, -0.25) is 14.2 Å². The maximum atomic E-state index is 12.8. The van der Waals surface area contributed by atoms with Gasteiger partial charge in [-0.2, -0.15) is 0 Å². The number of thiophene rings is 1. The van der Waals surface area contributed by atoms with Crippen molar-refractivity contribution < 1.29 is 9.53 Å². The Morgan fingerprint density at radius 3 is 2.71 bits per heavy atom. The fourth-order valence-corrected chi connectivity index (χ4v) is 3.74. The van der Waals surface area contributed by atoms with E-state index in [-0.39, 0.29) is 18.0 Å². The molecule has 3 aromatic heterocycles. The molecule has 0 saturated carbocycles. The number of carbonyl (C=O) groups is 1. The van der Waals surface area contributed by atoms with Crippen LogP contribution in [0.25, 0.3) is 20.7 Å².